The molecule has 0 radical (unpaired) electrons. The lowest BCUT2D eigenvalue weighted by Gasteiger charge is -2.31. The van der Waals surface area contributed by atoms with Crippen LogP contribution in [0.2, 0.25) is 0 Å². The molecule has 0 amide bonds. The van der Waals surface area contributed by atoms with Crippen LogP contribution in [0.5, 0.6) is 0 Å². The summed E-state index contributed by atoms with van der Waals surface area (Å²) in [5.74, 6) is 0. The number of benzene rings is 1. The number of nitrogens with zero attached hydrogens (tertiary/aromatic N) is 1. The first-order chi connectivity index (χ1) is 13.3. The fraction of sp³-hybridized carbons (Fsp3) is 0.588. The van der Waals surface area contributed by atoms with Gasteiger partial charge in [0.15, 0.2) is 5.13 Å². The Kier molecular flexibility index (Phi) is 8.64. The lowest BCUT2D eigenvalue weighted by atomic mass is 10.2. The molecule has 0 aliphatic rings. The molecule has 2 aromatic rings. The summed E-state index contributed by atoms with van der Waals surface area (Å²) in [4.78, 5) is 4.56. The Bertz CT molecular complexity index is 824. The summed E-state index contributed by atoms with van der Waals surface area (Å²) in [7, 11) is -7.78. The Morgan fingerprint density at radius 1 is 0.964 bits per heavy atom. The van der Waals surface area contributed by atoms with Crippen molar-refractivity contribution >= 4 is 41.9 Å². The van der Waals surface area contributed by atoms with Crippen LogP contribution < -0.4 is 5.32 Å². The normalized spacial score (nSPS) is 12.8. The average molecular weight is 450 g/mol. The highest BCUT2D eigenvalue weighted by Gasteiger charge is 2.51. The first-order valence-corrected chi connectivity index (χ1v) is 13.3. The van der Waals surface area contributed by atoms with Gasteiger partial charge in [-0.15, -0.1) is 0 Å². The molecule has 0 atom stereocenters. The zero-order chi connectivity index (χ0) is 20.8. The van der Waals surface area contributed by atoms with Crippen molar-refractivity contribution in [2.45, 2.75) is 40.1 Å². The zero-order valence-corrected chi connectivity index (χ0v) is 19.4. The summed E-state index contributed by atoms with van der Waals surface area (Å²) in [6.07, 6.45) is 0. The quantitative estimate of drug-likeness (QED) is 0.404. The van der Waals surface area contributed by atoms with Crippen molar-refractivity contribution in [3.8, 4) is 0 Å². The molecule has 1 N–H and O–H groups in total. The summed E-state index contributed by atoms with van der Waals surface area (Å²) in [6, 6.07) is 5.84. The number of anilines is 1. The maximum absolute atomic E-state index is 13.5. The number of hydrogen-bond acceptors (Lipinski definition) is 9. The van der Waals surface area contributed by atoms with Gasteiger partial charge in [0.25, 0.3) is 0 Å². The van der Waals surface area contributed by atoms with Crippen molar-refractivity contribution in [2.75, 3.05) is 31.7 Å². The molecule has 1 aromatic heterocycles. The van der Waals surface area contributed by atoms with E-state index in [1.807, 2.05) is 25.1 Å². The average Bonchev–Trinajstić information content (AvgIpc) is 3.05. The predicted molar refractivity (Wildman–Crippen MR) is 113 cm³/mol. The number of aromatic nitrogens is 1. The van der Waals surface area contributed by atoms with E-state index in [1.54, 1.807) is 27.7 Å². The third-order valence-corrected chi connectivity index (χ3v) is 10.3. The van der Waals surface area contributed by atoms with Crippen LogP contribution in [0, 0.1) is 6.92 Å². The van der Waals surface area contributed by atoms with Crippen LogP contribution in [0.4, 0.5) is 5.13 Å². The largest absolute Gasteiger partial charge is 0.365 e. The van der Waals surface area contributed by atoms with Gasteiger partial charge < -0.3 is 23.4 Å². The third kappa shape index (κ3) is 5.22. The Morgan fingerprint density at radius 2 is 1.46 bits per heavy atom. The Balaban J connectivity index is 2.53. The van der Waals surface area contributed by atoms with Gasteiger partial charge in [-0.25, -0.2) is 4.98 Å². The van der Waals surface area contributed by atoms with Crippen molar-refractivity contribution in [2.24, 2.45) is 0 Å². The maximum Gasteiger partial charge on any atom is 0.365 e. The van der Waals surface area contributed by atoms with Crippen molar-refractivity contribution in [1.82, 2.24) is 4.98 Å². The lowest BCUT2D eigenvalue weighted by Crippen LogP contribution is -2.25. The smallest absolute Gasteiger partial charge is 0.338 e. The van der Waals surface area contributed by atoms with Crippen LogP contribution in [0.1, 0.15) is 33.3 Å². The summed E-state index contributed by atoms with van der Waals surface area (Å²) in [5.41, 5.74) is 0.494. The van der Waals surface area contributed by atoms with E-state index in [0.717, 1.165) is 15.8 Å². The van der Waals surface area contributed by atoms with Gasteiger partial charge in [0.2, 0.25) is 5.52 Å². The van der Waals surface area contributed by atoms with Crippen LogP contribution in [0.25, 0.3) is 10.2 Å². The molecule has 2 rings (SSSR count). The van der Waals surface area contributed by atoms with E-state index in [0.29, 0.717) is 5.13 Å². The number of aryl methyl sites for hydroxylation is 1. The number of nitrogens with one attached hydrogen (secondary N) is 1. The first-order valence-electron chi connectivity index (χ1n) is 9.23. The summed E-state index contributed by atoms with van der Waals surface area (Å²) in [5, 5.41) is 3.44. The Hall–Kier alpha value is -0.790. The van der Waals surface area contributed by atoms with E-state index >= 15 is 0 Å². The van der Waals surface area contributed by atoms with Crippen molar-refractivity contribution in [1.29, 1.82) is 0 Å². The molecule has 1 aromatic carbocycles. The van der Waals surface area contributed by atoms with Crippen LogP contribution >= 0.6 is 26.5 Å². The minimum absolute atomic E-state index is 0.118. The number of para-hydroxylation sites is 1. The van der Waals surface area contributed by atoms with E-state index in [-0.39, 0.29) is 26.4 Å². The van der Waals surface area contributed by atoms with Crippen molar-refractivity contribution < 1.29 is 27.2 Å². The topological polar surface area (TPSA) is 96.0 Å². The molecule has 0 aliphatic heterocycles. The van der Waals surface area contributed by atoms with Crippen molar-refractivity contribution in [3.05, 3.63) is 23.8 Å². The molecule has 0 unspecified atom stereocenters. The second-order valence-electron chi connectivity index (χ2n) is 5.71. The molecule has 0 fully saturated rings. The number of fused-ring (bicyclic) bond motifs is 1. The van der Waals surface area contributed by atoms with Crippen LogP contribution in [0.3, 0.4) is 0 Å². The van der Waals surface area contributed by atoms with E-state index in [9.17, 15) is 9.13 Å². The molecule has 0 spiro atoms. The van der Waals surface area contributed by atoms with Crippen LogP contribution in [0.15, 0.2) is 18.2 Å². The van der Waals surface area contributed by atoms with Gasteiger partial charge in [0.05, 0.1) is 36.6 Å². The molecular formula is C17H28N2O6P2S. The molecule has 0 aliphatic carbocycles. The van der Waals surface area contributed by atoms with Crippen LogP contribution in [-0.2, 0) is 27.2 Å². The fourth-order valence-electron chi connectivity index (χ4n) is 2.67. The van der Waals surface area contributed by atoms with E-state index in [1.165, 1.54) is 11.3 Å². The number of thiazole rings is 1. The predicted octanol–water partition coefficient (Wildman–Crippen LogP) is 5.83. The molecule has 0 saturated heterocycles. The highest BCUT2D eigenvalue weighted by atomic mass is 32.1. The van der Waals surface area contributed by atoms with Gasteiger partial charge >= 0.3 is 15.2 Å². The second kappa shape index (κ2) is 10.3. The van der Waals surface area contributed by atoms with Crippen molar-refractivity contribution in [3.63, 3.8) is 0 Å². The van der Waals surface area contributed by atoms with Crippen LogP contribution in [-0.4, -0.2) is 36.9 Å². The number of hydrogen-bond donors (Lipinski definition) is 1. The monoisotopic (exact) mass is 450 g/mol. The van der Waals surface area contributed by atoms with Gasteiger partial charge in [0.1, 0.15) is 0 Å². The van der Waals surface area contributed by atoms with Gasteiger partial charge in [0, 0.05) is 0 Å². The zero-order valence-electron chi connectivity index (χ0n) is 16.8. The fourth-order valence-corrected chi connectivity index (χ4v) is 8.71. The number of rotatable bonds is 12. The molecule has 8 nitrogen and oxygen atoms in total. The summed E-state index contributed by atoms with van der Waals surface area (Å²) in [6.45, 7) is 9.19. The molecule has 0 bridgehead atoms. The molecule has 0 saturated carbocycles. The highest BCUT2D eigenvalue weighted by molar-refractivity contribution is 7.73. The van der Waals surface area contributed by atoms with Gasteiger partial charge in [-0.05, 0) is 46.2 Å². The second-order valence-corrected chi connectivity index (χ2v) is 11.4. The van der Waals surface area contributed by atoms with E-state index in [2.05, 4.69) is 10.3 Å². The minimum atomic E-state index is -3.89. The summed E-state index contributed by atoms with van der Waals surface area (Å²) < 4.78 is 49.8. The lowest BCUT2D eigenvalue weighted by molar-refractivity contribution is 0.198. The Labute approximate surface area is 170 Å². The SMILES string of the molecule is CCOP(=O)(OCC)C(Nc1nc2c(C)cccc2s1)P(=O)(OCC)OCC. The highest BCUT2D eigenvalue weighted by Crippen LogP contribution is 2.70. The molecule has 1 heterocycles. The van der Waals surface area contributed by atoms with E-state index in [4.69, 9.17) is 18.1 Å². The first kappa shape index (κ1) is 23.5. The standard InChI is InChI=1S/C17H28N2O6P2S/c1-6-22-26(20,23-7-2)17(27(21,24-8-3)25-9-4)19-16-18-15-13(5)11-10-12-14(15)28-16/h10-12,17H,6-9H2,1-5H3,(H,18,19). The van der Waals surface area contributed by atoms with Gasteiger partial charge in [-0.1, -0.05) is 23.5 Å². The molecule has 11 heteroatoms. The molecule has 158 valence electrons. The maximum atomic E-state index is 13.5. The molecular weight excluding hydrogens is 422 g/mol. The Morgan fingerprint density at radius 3 is 1.89 bits per heavy atom. The van der Waals surface area contributed by atoms with Gasteiger partial charge in [-0.3, -0.25) is 9.13 Å². The van der Waals surface area contributed by atoms with E-state index < -0.39 is 20.7 Å². The van der Waals surface area contributed by atoms with Gasteiger partial charge in [-0.2, -0.15) is 0 Å². The minimum Gasteiger partial charge on any atom is -0.338 e. The molecule has 28 heavy (non-hydrogen) atoms. The summed E-state index contributed by atoms with van der Waals surface area (Å²) >= 11 is 1.36. The third-order valence-electron chi connectivity index (χ3n) is 3.71.